The highest BCUT2D eigenvalue weighted by Crippen LogP contribution is 2.32. The monoisotopic (exact) mass is 351 g/mol. The SMILES string of the molecule is COc1cc(C)c(C(C)NC(=O)c2cc3ccccc3o2)cc1C(C)C. The summed E-state index contributed by atoms with van der Waals surface area (Å²) in [6.45, 7) is 8.29. The molecule has 0 bridgehead atoms. The molecule has 0 saturated carbocycles. The Morgan fingerprint density at radius 3 is 2.46 bits per heavy atom. The maximum atomic E-state index is 12.6. The van der Waals surface area contributed by atoms with E-state index >= 15 is 0 Å². The van der Waals surface area contributed by atoms with Gasteiger partial charge in [-0.1, -0.05) is 32.0 Å². The first-order valence-electron chi connectivity index (χ1n) is 8.88. The summed E-state index contributed by atoms with van der Waals surface area (Å²) >= 11 is 0. The largest absolute Gasteiger partial charge is 0.496 e. The van der Waals surface area contributed by atoms with Gasteiger partial charge in [0.1, 0.15) is 11.3 Å². The normalized spacial score (nSPS) is 12.4. The van der Waals surface area contributed by atoms with E-state index in [4.69, 9.17) is 9.15 Å². The molecule has 1 aromatic heterocycles. The van der Waals surface area contributed by atoms with E-state index in [2.05, 4.69) is 25.2 Å². The van der Waals surface area contributed by atoms with Crippen LogP contribution in [0, 0.1) is 6.92 Å². The molecule has 1 unspecified atom stereocenters. The van der Waals surface area contributed by atoms with Gasteiger partial charge in [-0.3, -0.25) is 4.79 Å². The predicted molar refractivity (Wildman–Crippen MR) is 104 cm³/mol. The summed E-state index contributed by atoms with van der Waals surface area (Å²) in [7, 11) is 1.69. The molecule has 136 valence electrons. The van der Waals surface area contributed by atoms with Crippen LogP contribution in [-0.4, -0.2) is 13.0 Å². The van der Waals surface area contributed by atoms with Crippen LogP contribution in [0.15, 0.2) is 46.9 Å². The second-order valence-corrected chi connectivity index (χ2v) is 6.95. The molecule has 0 saturated heterocycles. The van der Waals surface area contributed by atoms with E-state index in [1.807, 2.05) is 44.2 Å². The standard InChI is InChI=1S/C22H25NO3/c1-13(2)17-12-18(14(3)10-20(17)25-5)15(4)23-22(24)21-11-16-8-6-7-9-19(16)26-21/h6-13,15H,1-5H3,(H,23,24). The van der Waals surface area contributed by atoms with Gasteiger partial charge in [0.2, 0.25) is 0 Å². The molecule has 3 aromatic rings. The van der Waals surface area contributed by atoms with Crippen molar-refractivity contribution in [2.45, 2.75) is 39.7 Å². The van der Waals surface area contributed by atoms with Gasteiger partial charge in [-0.25, -0.2) is 0 Å². The number of aryl methyl sites for hydroxylation is 1. The fourth-order valence-electron chi connectivity index (χ4n) is 3.25. The summed E-state index contributed by atoms with van der Waals surface area (Å²) < 4.78 is 11.2. The van der Waals surface area contributed by atoms with Crippen molar-refractivity contribution in [2.75, 3.05) is 7.11 Å². The molecule has 1 N–H and O–H groups in total. The lowest BCUT2D eigenvalue weighted by molar-refractivity contribution is 0.0914. The zero-order valence-corrected chi connectivity index (χ0v) is 15.9. The quantitative estimate of drug-likeness (QED) is 0.673. The minimum atomic E-state index is -0.213. The van der Waals surface area contributed by atoms with Crippen molar-refractivity contribution in [3.63, 3.8) is 0 Å². The van der Waals surface area contributed by atoms with E-state index in [0.717, 1.165) is 27.8 Å². The van der Waals surface area contributed by atoms with Gasteiger partial charge in [-0.15, -0.1) is 0 Å². The van der Waals surface area contributed by atoms with Gasteiger partial charge >= 0.3 is 0 Å². The summed E-state index contributed by atoms with van der Waals surface area (Å²) in [4.78, 5) is 12.6. The molecule has 1 atom stereocenters. The number of hydrogen-bond acceptors (Lipinski definition) is 3. The first kappa shape index (κ1) is 18.1. The lowest BCUT2D eigenvalue weighted by atomic mass is 9.93. The Labute approximate surface area is 154 Å². The zero-order valence-electron chi connectivity index (χ0n) is 15.9. The molecule has 1 heterocycles. The summed E-state index contributed by atoms with van der Waals surface area (Å²) in [5, 5.41) is 3.97. The Balaban J connectivity index is 1.86. The van der Waals surface area contributed by atoms with Gasteiger partial charge in [0.05, 0.1) is 13.2 Å². The van der Waals surface area contributed by atoms with Crippen molar-refractivity contribution in [1.82, 2.24) is 5.32 Å². The first-order valence-corrected chi connectivity index (χ1v) is 8.88. The molecule has 0 aliphatic rings. The molecule has 26 heavy (non-hydrogen) atoms. The number of furan rings is 1. The second kappa shape index (κ2) is 7.24. The third kappa shape index (κ3) is 3.45. The molecule has 0 radical (unpaired) electrons. The third-order valence-corrected chi connectivity index (χ3v) is 4.70. The summed E-state index contributed by atoms with van der Waals surface area (Å²) in [5.74, 6) is 1.34. The van der Waals surface area contributed by atoms with Crippen molar-refractivity contribution in [3.8, 4) is 5.75 Å². The number of fused-ring (bicyclic) bond motifs is 1. The van der Waals surface area contributed by atoms with Gasteiger partial charge in [-0.2, -0.15) is 0 Å². The number of nitrogens with one attached hydrogen (secondary N) is 1. The van der Waals surface area contributed by atoms with Crippen molar-refractivity contribution < 1.29 is 13.9 Å². The summed E-state index contributed by atoms with van der Waals surface area (Å²) in [6, 6.07) is 13.4. The van der Waals surface area contributed by atoms with Crippen LogP contribution in [0.25, 0.3) is 11.0 Å². The number of para-hydroxylation sites is 1. The average Bonchev–Trinajstić information content (AvgIpc) is 3.05. The minimum Gasteiger partial charge on any atom is -0.496 e. The van der Waals surface area contributed by atoms with E-state index in [-0.39, 0.29) is 11.9 Å². The number of rotatable bonds is 5. The van der Waals surface area contributed by atoms with Crippen LogP contribution in [-0.2, 0) is 0 Å². The Morgan fingerprint density at radius 2 is 1.81 bits per heavy atom. The maximum Gasteiger partial charge on any atom is 0.287 e. The van der Waals surface area contributed by atoms with Crippen LogP contribution < -0.4 is 10.1 Å². The molecular formula is C22H25NO3. The van der Waals surface area contributed by atoms with Crippen molar-refractivity contribution in [1.29, 1.82) is 0 Å². The summed E-state index contributed by atoms with van der Waals surface area (Å²) in [6.07, 6.45) is 0. The number of hydrogen-bond donors (Lipinski definition) is 1. The minimum absolute atomic E-state index is 0.140. The van der Waals surface area contributed by atoms with Gasteiger partial charge in [0.25, 0.3) is 5.91 Å². The Morgan fingerprint density at radius 1 is 1.08 bits per heavy atom. The van der Waals surface area contributed by atoms with Crippen LogP contribution in [0.5, 0.6) is 5.75 Å². The number of amides is 1. The molecular weight excluding hydrogens is 326 g/mol. The smallest absolute Gasteiger partial charge is 0.287 e. The molecule has 2 aromatic carbocycles. The van der Waals surface area contributed by atoms with E-state index in [0.29, 0.717) is 17.3 Å². The van der Waals surface area contributed by atoms with E-state index in [1.54, 1.807) is 13.2 Å². The van der Waals surface area contributed by atoms with Crippen molar-refractivity contribution in [3.05, 3.63) is 64.9 Å². The molecule has 0 spiro atoms. The van der Waals surface area contributed by atoms with E-state index in [1.165, 1.54) is 0 Å². The molecule has 4 nitrogen and oxygen atoms in total. The van der Waals surface area contributed by atoms with E-state index < -0.39 is 0 Å². The number of carbonyl (C=O) groups is 1. The Hall–Kier alpha value is -2.75. The topological polar surface area (TPSA) is 51.5 Å². The first-order chi connectivity index (χ1) is 12.4. The second-order valence-electron chi connectivity index (χ2n) is 6.95. The zero-order chi connectivity index (χ0) is 18.8. The number of methoxy groups -OCH3 is 1. The molecule has 0 aliphatic heterocycles. The van der Waals surface area contributed by atoms with Crippen LogP contribution in [0.4, 0.5) is 0 Å². The maximum absolute atomic E-state index is 12.6. The third-order valence-electron chi connectivity index (χ3n) is 4.70. The van der Waals surface area contributed by atoms with Crippen molar-refractivity contribution in [2.24, 2.45) is 0 Å². The van der Waals surface area contributed by atoms with Crippen LogP contribution in [0.2, 0.25) is 0 Å². The van der Waals surface area contributed by atoms with Gasteiger partial charge in [0.15, 0.2) is 5.76 Å². The molecule has 4 heteroatoms. The highest BCUT2D eigenvalue weighted by Gasteiger charge is 2.19. The van der Waals surface area contributed by atoms with Gasteiger partial charge < -0.3 is 14.5 Å². The molecule has 0 fully saturated rings. The van der Waals surface area contributed by atoms with Crippen LogP contribution in [0.3, 0.4) is 0 Å². The molecule has 3 rings (SSSR count). The highest BCUT2D eigenvalue weighted by molar-refractivity contribution is 5.96. The molecule has 1 amide bonds. The summed E-state index contributed by atoms with van der Waals surface area (Å²) in [5.41, 5.74) is 4.02. The fourth-order valence-corrected chi connectivity index (χ4v) is 3.25. The Bertz CT molecular complexity index is 907. The van der Waals surface area contributed by atoms with Crippen LogP contribution >= 0.6 is 0 Å². The lowest BCUT2D eigenvalue weighted by Crippen LogP contribution is -2.27. The Kier molecular flexibility index (Phi) is 5.03. The van der Waals surface area contributed by atoms with E-state index in [9.17, 15) is 4.79 Å². The average molecular weight is 351 g/mol. The van der Waals surface area contributed by atoms with Gasteiger partial charge in [0, 0.05) is 5.39 Å². The highest BCUT2D eigenvalue weighted by atomic mass is 16.5. The number of benzene rings is 2. The molecule has 0 aliphatic carbocycles. The van der Waals surface area contributed by atoms with Crippen LogP contribution in [0.1, 0.15) is 60.0 Å². The number of ether oxygens (including phenoxy) is 1. The predicted octanol–water partition coefficient (Wildman–Crippen LogP) is 5.36. The van der Waals surface area contributed by atoms with Crippen molar-refractivity contribution >= 4 is 16.9 Å². The fraction of sp³-hybridized carbons (Fsp3) is 0.318. The van der Waals surface area contributed by atoms with Gasteiger partial charge in [-0.05, 0) is 60.7 Å². The lowest BCUT2D eigenvalue weighted by Gasteiger charge is -2.20. The number of carbonyl (C=O) groups excluding carboxylic acids is 1.